The van der Waals surface area contributed by atoms with Crippen LogP contribution in [0.4, 0.5) is 0 Å². The van der Waals surface area contributed by atoms with Gasteiger partial charge in [0.1, 0.15) is 0 Å². The van der Waals surface area contributed by atoms with Gasteiger partial charge in [0.2, 0.25) is 5.56 Å². The smallest absolute Gasteiger partial charge is 0.248 e. The minimum atomic E-state index is -0.248. The van der Waals surface area contributed by atoms with E-state index in [1.165, 1.54) is 0 Å². The number of H-pyrrole nitrogens is 1. The lowest BCUT2D eigenvalue weighted by Gasteiger charge is -2.15. The number of hydrogen-bond donors (Lipinski definition) is 2. The highest BCUT2D eigenvalue weighted by Gasteiger charge is 2.13. The summed E-state index contributed by atoms with van der Waals surface area (Å²) in [5.41, 5.74) is 8.29. The highest BCUT2D eigenvalue weighted by atomic mass is 16.5. The monoisotopic (exact) mass is 232 g/mol. The quantitative estimate of drug-likeness (QED) is 0.842. The first-order valence-electron chi connectivity index (χ1n) is 5.52. The zero-order valence-electron chi connectivity index (χ0n) is 9.99. The number of ether oxygens (including phenoxy) is 1. The van der Waals surface area contributed by atoms with Crippen molar-refractivity contribution >= 4 is 10.9 Å². The average Bonchev–Trinajstić information content (AvgIpc) is 2.29. The van der Waals surface area contributed by atoms with Crippen LogP contribution >= 0.6 is 0 Å². The van der Waals surface area contributed by atoms with E-state index in [0.717, 1.165) is 22.0 Å². The SMILES string of the molecule is COC(CN)c1cc(=O)[nH]c2cc(C)ccc12. The Labute approximate surface area is 99.4 Å². The predicted molar refractivity (Wildman–Crippen MR) is 68.1 cm³/mol. The summed E-state index contributed by atoms with van der Waals surface area (Å²) >= 11 is 0. The topological polar surface area (TPSA) is 68.1 Å². The normalized spacial score (nSPS) is 12.9. The van der Waals surface area contributed by atoms with E-state index in [9.17, 15) is 4.79 Å². The molecule has 0 amide bonds. The van der Waals surface area contributed by atoms with Gasteiger partial charge in [0.05, 0.1) is 6.10 Å². The largest absolute Gasteiger partial charge is 0.375 e. The zero-order valence-corrected chi connectivity index (χ0v) is 9.99. The Hall–Kier alpha value is -1.65. The summed E-state index contributed by atoms with van der Waals surface area (Å²) in [5.74, 6) is 0. The molecule has 0 bridgehead atoms. The van der Waals surface area contributed by atoms with Crippen LogP contribution in [-0.4, -0.2) is 18.6 Å². The Kier molecular flexibility index (Phi) is 3.26. The molecule has 1 atom stereocenters. The molecule has 1 heterocycles. The third-order valence-corrected chi connectivity index (χ3v) is 2.88. The Morgan fingerprint density at radius 2 is 2.18 bits per heavy atom. The second kappa shape index (κ2) is 4.69. The van der Waals surface area contributed by atoms with E-state index in [0.29, 0.717) is 6.54 Å². The van der Waals surface area contributed by atoms with Crippen molar-refractivity contribution in [3.63, 3.8) is 0 Å². The van der Waals surface area contributed by atoms with Gasteiger partial charge in [-0.05, 0) is 24.1 Å². The molecule has 2 aromatic rings. The van der Waals surface area contributed by atoms with Crippen molar-refractivity contribution in [3.8, 4) is 0 Å². The predicted octanol–water partition coefficient (Wildman–Crippen LogP) is 1.48. The molecule has 0 spiro atoms. The van der Waals surface area contributed by atoms with Gasteiger partial charge in [-0.1, -0.05) is 12.1 Å². The molecule has 1 aromatic carbocycles. The minimum absolute atomic E-state index is 0.131. The van der Waals surface area contributed by atoms with Crippen LogP contribution in [0.1, 0.15) is 17.2 Å². The summed E-state index contributed by atoms with van der Waals surface area (Å²) in [4.78, 5) is 14.4. The number of benzene rings is 1. The van der Waals surface area contributed by atoms with Crippen LogP contribution in [0.3, 0.4) is 0 Å². The highest BCUT2D eigenvalue weighted by Crippen LogP contribution is 2.23. The van der Waals surface area contributed by atoms with Gasteiger partial charge in [-0.15, -0.1) is 0 Å². The van der Waals surface area contributed by atoms with Crippen LogP contribution in [0.25, 0.3) is 10.9 Å². The van der Waals surface area contributed by atoms with Crippen molar-refractivity contribution in [3.05, 3.63) is 45.7 Å². The van der Waals surface area contributed by atoms with Crippen molar-refractivity contribution < 1.29 is 4.74 Å². The number of nitrogens with two attached hydrogens (primary N) is 1. The van der Waals surface area contributed by atoms with E-state index in [-0.39, 0.29) is 11.7 Å². The fourth-order valence-corrected chi connectivity index (χ4v) is 2.02. The molecule has 0 fully saturated rings. The first-order chi connectivity index (χ1) is 8.15. The summed E-state index contributed by atoms with van der Waals surface area (Å²) in [6, 6.07) is 7.49. The third kappa shape index (κ3) is 2.23. The van der Waals surface area contributed by atoms with Crippen LogP contribution in [0.5, 0.6) is 0 Å². The molecule has 0 aliphatic carbocycles. The minimum Gasteiger partial charge on any atom is -0.375 e. The Bertz CT molecular complexity index is 585. The van der Waals surface area contributed by atoms with Crippen molar-refractivity contribution in [1.82, 2.24) is 4.98 Å². The van der Waals surface area contributed by atoms with Crippen LogP contribution in [0.15, 0.2) is 29.1 Å². The molecule has 0 saturated heterocycles. The fraction of sp³-hybridized carbons (Fsp3) is 0.308. The number of hydrogen-bond acceptors (Lipinski definition) is 3. The molecular weight excluding hydrogens is 216 g/mol. The summed E-state index contributed by atoms with van der Waals surface area (Å²) in [7, 11) is 1.60. The van der Waals surface area contributed by atoms with Gasteiger partial charge in [-0.3, -0.25) is 4.79 Å². The van der Waals surface area contributed by atoms with E-state index >= 15 is 0 Å². The zero-order chi connectivity index (χ0) is 12.4. The number of methoxy groups -OCH3 is 1. The van der Waals surface area contributed by atoms with Crippen LogP contribution in [0.2, 0.25) is 0 Å². The average molecular weight is 232 g/mol. The van der Waals surface area contributed by atoms with Gasteiger partial charge in [0.15, 0.2) is 0 Å². The molecule has 1 unspecified atom stereocenters. The van der Waals surface area contributed by atoms with E-state index in [1.807, 2.05) is 25.1 Å². The van der Waals surface area contributed by atoms with E-state index in [2.05, 4.69) is 4.98 Å². The van der Waals surface area contributed by atoms with Crippen LogP contribution in [-0.2, 0) is 4.74 Å². The second-order valence-electron chi connectivity index (χ2n) is 4.10. The third-order valence-electron chi connectivity index (χ3n) is 2.88. The summed E-state index contributed by atoms with van der Waals surface area (Å²) in [5, 5.41) is 0.979. The van der Waals surface area contributed by atoms with Gasteiger partial charge in [-0.2, -0.15) is 0 Å². The number of aryl methyl sites for hydroxylation is 1. The molecule has 17 heavy (non-hydrogen) atoms. The number of nitrogens with one attached hydrogen (secondary N) is 1. The number of pyridine rings is 1. The van der Waals surface area contributed by atoms with E-state index in [1.54, 1.807) is 13.2 Å². The fourth-order valence-electron chi connectivity index (χ4n) is 2.02. The van der Waals surface area contributed by atoms with Gasteiger partial charge in [0, 0.05) is 30.6 Å². The second-order valence-corrected chi connectivity index (χ2v) is 4.10. The molecule has 0 aliphatic rings. The first kappa shape index (κ1) is 11.8. The number of rotatable bonds is 3. The molecule has 2 rings (SSSR count). The number of aromatic nitrogens is 1. The van der Waals surface area contributed by atoms with E-state index in [4.69, 9.17) is 10.5 Å². The van der Waals surface area contributed by atoms with Crippen molar-refractivity contribution in [1.29, 1.82) is 0 Å². The van der Waals surface area contributed by atoms with Gasteiger partial charge >= 0.3 is 0 Å². The lowest BCUT2D eigenvalue weighted by atomic mass is 10.0. The molecule has 3 N–H and O–H groups in total. The summed E-state index contributed by atoms with van der Waals surface area (Å²) in [6.45, 7) is 2.34. The maximum Gasteiger partial charge on any atom is 0.248 e. The Morgan fingerprint density at radius 1 is 1.41 bits per heavy atom. The lowest BCUT2D eigenvalue weighted by Crippen LogP contribution is -2.17. The molecule has 0 radical (unpaired) electrons. The molecule has 0 saturated carbocycles. The van der Waals surface area contributed by atoms with Crippen LogP contribution in [0, 0.1) is 6.92 Å². The summed E-state index contributed by atoms with van der Waals surface area (Å²) < 4.78 is 5.30. The molecule has 1 aromatic heterocycles. The maximum atomic E-state index is 11.6. The van der Waals surface area contributed by atoms with Gasteiger partial charge in [0.25, 0.3) is 0 Å². The molecular formula is C13H16N2O2. The van der Waals surface area contributed by atoms with Crippen molar-refractivity contribution in [2.75, 3.05) is 13.7 Å². The molecule has 4 nitrogen and oxygen atoms in total. The number of fused-ring (bicyclic) bond motifs is 1. The summed E-state index contributed by atoms with van der Waals surface area (Å²) in [6.07, 6.45) is -0.248. The molecule has 90 valence electrons. The van der Waals surface area contributed by atoms with Crippen LogP contribution < -0.4 is 11.3 Å². The number of aromatic amines is 1. The molecule has 4 heteroatoms. The highest BCUT2D eigenvalue weighted by molar-refractivity contribution is 5.82. The van der Waals surface area contributed by atoms with Gasteiger partial charge < -0.3 is 15.5 Å². The van der Waals surface area contributed by atoms with Crippen molar-refractivity contribution in [2.45, 2.75) is 13.0 Å². The Balaban J connectivity index is 2.73. The standard InChI is InChI=1S/C13H16N2O2/c1-8-3-4-9-10(12(7-14)17-2)6-13(16)15-11(9)5-8/h3-6,12H,7,14H2,1-2H3,(H,15,16). The van der Waals surface area contributed by atoms with E-state index < -0.39 is 0 Å². The lowest BCUT2D eigenvalue weighted by molar-refractivity contribution is 0.111. The first-order valence-corrected chi connectivity index (χ1v) is 5.52. The Morgan fingerprint density at radius 3 is 2.82 bits per heavy atom. The van der Waals surface area contributed by atoms with Gasteiger partial charge in [-0.25, -0.2) is 0 Å². The maximum absolute atomic E-state index is 11.6. The molecule has 0 aliphatic heterocycles. The van der Waals surface area contributed by atoms with Crippen molar-refractivity contribution in [2.24, 2.45) is 5.73 Å².